The lowest BCUT2D eigenvalue weighted by molar-refractivity contribution is -0.126. The van der Waals surface area contributed by atoms with Gasteiger partial charge in [-0.05, 0) is 114 Å². The van der Waals surface area contributed by atoms with E-state index in [0.717, 1.165) is 42.8 Å². The Hall–Kier alpha value is -13.1. The molecule has 5 N–H and O–H groups in total. The molecule has 3 aliphatic rings. The number of nitrogens with one attached hydrogen (secondary N) is 4. The van der Waals surface area contributed by atoms with E-state index in [1.54, 1.807) is 20.8 Å². The van der Waals surface area contributed by atoms with Crippen molar-refractivity contribution >= 4 is 82.4 Å². The molecule has 3 saturated heterocycles. The van der Waals surface area contributed by atoms with Crippen LogP contribution in [0.15, 0.2) is 121 Å². The monoisotopic (exact) mass is 1720 g/mol. The predicted octanol–water partition coefficient (Wildman–Crippen LogP) is 6.66. The van der Waals surface area contributed by atoms with E-state index in [2.05, 4.69) is 51.5 Å². The highest BCUT2D eigenvalue weighted by molar-refractivity contribution is 7.22. The largest absolute Gasteiger partial charge is 0.496 e. The molecule has 0 spiro atoms. The fraction of sp³-hybridized carbons (Fsp3) is 0.385. The number of nitriles is 3. The lowest BCUT2D eigenvalue weighted by Gasteiger charge is -2.25. The quantitative estimate of drug-likeness (QED) is 0.0354. The normalized spacial score (nSPS) is 15.9. The van der Waals surface area contributed by atoms with Crippen molar-refractivity contribution in [1.82, 2.24) is 88.8 Å². The van der Waals surface area contributed by atoms with Gasteiger partial charge < -0.3 is 49.5 Å². The van der Waals surface area contributed by atoms with Crippen LogP contribution in [0.5, 0.6) is 17.2 Å². The van der Waals surface area contributed by atoms with Gasteiger partial charge in [-0.2, -0.15) is 46.4 Å². The number of thiophene rings is 3. The lowest BCUT2D eigenvalue weighted by atomic mass is 10.1. The number of halogens is 3. The van der Waals surface area contributed by atoms with Crippen LogP contribution in [0, 0.1) is 72.2 Å². The number of methoxy groups -OCH3 is 3. The van der Waals surface area contributed by atoms with Crippen molar-refractivity contribution in [2.75, 3.05) is 67.4 Å². The van der Waals surface area contributed by atoms with Gasteiger partial charge in [0.15, 0.2) is 0 Å². The first-order chi connectivity index (χ1) is 58.5. The zero-order valence-electron chi connectivity index (χ0n) is 65.9. The number of benzene rings is 3. The summed E-state index contributed by atoms with van der Waals surface area (Å²) in [5.41, 5.74) is -0.743. The number of nitrogens with zero attached hydrogens (tertiary/aromatic N) is 17. The van der Waals surface area contributed by atoms with E-state index in [4.69, 9.17) is 44.2 Å². The van der Waals surface area contributed by atoms with Gasteiger partial charge in [0.1, 0.15) is 101 Å². The first-order valence-corrected chi connectivity index (χ1v) is 40.3. The highest BCUT2D eigenvalue weighted by atomic mass is 32.1. The fourth-order valence-corrected chi connectivity index (χ4v) is 17.8. The summed E-state index contributed by atoms with van der Waals surface area (Å²) >= 11 is 3.52. The molecule has 43 heteroatoms. The van der Waals surface area contributed by atoms with Crippen LogP contribution in [-0.4, -0.2) is 163 Å². The number of fused-ring (bicyclic) bond motifs is 3. The number of aliphatic hydroxyl groups is 1. The van der Waals surface area contributed by atoms with Gasteiger partial charge in [0.2, 0.25) is 17.7 Å². The van der Waals surface area contributed by atoms with Gasteiger partial charge in [-0.3, -0.25) is 42.9 Å². The minimum Gasteiger partial charge on any atom is -0.496 e. The second-order valence-electron chi connectivity index (χ2n) is 27.3. The molecule has 121 heavy (non-hydrogen) atoms. The number of carbonyl (C=O) groups is 3. The van der Waals surface area contributed by atoms with Gasteiger partial charge in [0.05, 0.1) is 152 Å². The highest BCUT2D eigenvalue weighted by Gasteiger charge is 2.36. The summed E-state index contributed by atoms with van der Waals surface area (Å²) in [6, 6.07) is 15.1. The van der Waals surface area contributed by atoms with Crippen molar-refractivity contribution in [3.05, 3.63) is 205 Å². The molecule has 3 aromatic carbocycles. The standard InChI is InChI=1S/2C26H26FN7O5S.C14H14N6O3S.C12H14FNO3/c2*1-15-21-23(36)33(18-5-3-9-29-22(18)35)26(37)32(25(21)40-24(15)34-30-10-11-31-34)14-20(39-12-4-8-28)17-13-16(27)6-7-19(17)38-2;1-7-9-11(24-13(7)20-16-5-6-17-20)18-14(23)19(12(9)22)8-3-2-4-15-10(8)21;1-16-11-4-3-9(13)7-10(11)12(8-15)17-6-2-5-14/h2*6-7,10-11,13,18,20H,3-5,9,12,14H2,1-2H3,(H,29,35);5-6,8H,2-4H2,1H3,(H,15,21)(H,18,23);3-4,7,12,15H,2,6,8H2,1H3/t18?,20-;18-,20-;;12-/m00.0/s1. The number of hydrogen-bond acceptors (Lipinski definition) is 28. The topological polar surface area (TPSA) is 469 Å². The zero-order chi connectivity index (χ0) is 86.3. The Bertz CT molecular complexity index is 6060. The predicted molar refractivity (Wildman–Crippen MR) is 433 cm³/mol. The summed E-state index contributed by atoms with van der Waals surface area (Å²) in [5, 5.41) is 71.4. The summed E-state index contributed by atoms with van der Waals surface area (Å²) in [7, 11) is 4.32. The Morgan fingerprint density at radius 3 is 1.13 bits per heavy atom. The van der Waals surface area contributed by atoms with Crippen molar-refractivity contribution in [1.29, 1.82) is 15.8 Å². The average Bonchev–Trinajstić information content (AvgIpc) is 1.62. The Morgan fingerprint density at radius 2 is 0.793 bits per heavy atom. The van der Waals surface area contributed by atoms with E-state index in [1.165, 1.54) is 148 Å². The van der Waals surface area contributed by atoms with Gasteiger partial charge in [-0.15, -0.1) is 14.4 Å². The second kappa shape index (κ2) is 39.6. The number of H-pyrrole nitrogens is 1. The molecule has 0 aliphatic carbocycles. The Balaban J connectivity index is 0.000000155. The van der Waals surface area contributed by atoms with Crippen LogP contribution in [0.25, 0.3) is 45.7 Å². The third-order valence-corrected chi connectivity index (χ3v) is 23.7. The number of rotatable bonds is 26. The van der Waals surface area contributed by atoms with Gasteiger partial charge >= 0.3 is 17.1 Å². The molecular weight excluding hydrogens is 1640 g/mol. The molecule has 12 aromatic rings. The number of amides is 3. The summed E-state index contributed by atoms with van der Waals surface area (Å²) in [6.07, 6.45) is 9.91. The molecule has 0 bridgehead atoms. The number of aromatic nitrogens is 15. The third-order valence-electron chi connectivity index (χ3n) is 20.0. The molecule has 6 atom stereocenters. The number of carbonyl (C=O) groups excluding carboxylic acids is 3. The fourth-order valence-electron chi connectivity index (χ4n) is 14.3. The molecule has 3 fully saturated rings. The molecule has 632 valence electrons. The number of ether oxygens (including phenoxy) is 6. The molecule has 3 amide bonds. The molecule has 37 nitrogen and oxygen atoms in total. The van der Waals surface area contributed by atoms with Crippen LogP contribution >= 0.6 is 34.0 Å². The summed E-state index contributed by atoms with van der Waals surface area (Å²) in [4.78, 5) is 127. The smallest absolute Gasteiger partial charge is 0.332 e. The van der Waals surface area contributed by atoms with Crippen LogP contribution in [0.2, 0.25) is 0 Å². The maximum Gasteiger partial charge on any atom is 0.332 e. The van der Waals surface area contributed by atoms with E-state index in [0.29, 0.717) is 137 Å². The Kier molecular flexibility index (Phi) is 28.6. The minimum absolute atomic E-state index is 0.00925. The van der Waals surface area contributed by atoms with E-state index in [9.17, 15) is 61.4 Å². The van der Waals surface area contributed by atoms with Gasteiger partial charge in [0.25, 0.3) is 16.7 Å². The molecule has 0 radical (unpaired) electrons. The number of aryl methyl sites for hydroxylation is 3. The number of piperidine rings is 3. The number of aromatic amines is 1. The van der Waals surface area contributed by atoms with Crippen molar-refractivity contribution < 1.29 is 61.1 Å². The molecule has 0 saturated carbocycles. The van der Waals surface area contributed by atoms with Crippen LogP contribution in [-0.2, 0) is 41.7 Å². The second-order valence-corrected chi connectivity index (χ2v) is 30.3. The molecule has 3 aliphatic heterocycles. The maximum atomic E-state index is 14.4. The summed E-state index contributed by atoms with van der Waals surface area (Å²) in [6.45, 7) is 6.33. The lowest BCUT2D eigenvalue weighted by Crippen LogP contribution is -2.49. The molecular formula is C78H80F3N21O16S3. The van der Waals surface area contributed by atoms with E-state index in [-0.39, 0.29) is 75.5 Å². The Morgan fingerprint density at radius 1 is 0.471 bits per heavy atom. The summed E-state index contributed by atoms with van der Waals surface area (Å²) in [5.74, 6) is -1.51. The maximum absolute atomic E-state index is 14.4. The Labute approximate surface area is 695 Å². The average molecular weight is 1720 g/mol. The minimum atomic E-state index is -0.989. The van der Waals surface area contributed by atoms with E-state index < -0.39 is 99.5 Å². The molecule has 2 unspecified atom stereocenters. The van der Waals surface area contributed by atoms with Crippen molar-refractivity contribution in [2.45, 2.75) is 128 Å². The zero-order valence-corrected chi connectivity index (χ0v) is 68.3. The number of aliphatic hydroxyl groups excluding tert-OH is 1. The third kappa shape index (κ3) is 18.7. The summed E-state index contributed by atoms with van der Waals surface area (Å²) < 4.78 is 80.9. The van der Waals surface area contributed by atoms with E-state index >= 15 is 0 Å². The highest BCUT2D eigenvalue weighted by Crippen LogP contribution is 2.38. The first kappa shape index (κ1) is 87.2. The van der Waals surface area contributed by atoms with Crippen LogP contribution in [0.4, 0.5) is 13.2 Å². The van der Waals surface area contributed by atoms with Gasteiger partial charge in [0, 0.05) is 53.0 Å². The van der Waals surface area contributed by atoms with Crippen LogP contribution in [0.3, 0.4) is 0 Å². The molecule has 12 heterocycles. The number of hydrogen-bond donors (Lipinski definition) is 5. The van der Waals surface area contributed by atoms with Gasteiger partial charge in [-0.1, -0.05) is 34.0 Å². The van der Waals surface area contributed by atoms with Crippen LogP contribution < -0.4 is 63.9 Å². The van der Waals surface area contributed by atoms with Crippen molar-refractivity contribution in [3.63, 3.8) is 0 Å². The van der Waals surface area contributed by atoms with Crippen LogP contribution in [0.1, 0.15) is 128 Å². The van der Waals surface area contributed by atoms with Crippen molar-refractivity contribution in [3.8, 4) is 50.5 Å². The SMILES string of the molecule is COc1ccc(F)cc1[C@H](CO)OCCC#N.COc1ccc(F)cc1[C@H](Cn1c(=O)n(C2CCCNC2=O)c(=O)c2c(C)c(-n3nccn3)sc21)OCCC#N.COc1ccc(F)cc1[C@H](Cn1c(=O)n([C@H]2CCCNC2=O)c(=O)c2c(C)c(-n3nccn3)sc21)OCCC#N.Cc1c(-n2nccn2)sc2[nH]c(=O)n(C3CCCNC3=O)c(=O)c12. The van der Waals surface area contributed by atoms with Crippen molar-refractivity contribution in [2.24, 2.45) is 0 Å². The molecule has 15 rings (SSSR count). The van der Waals surface area contributed by atoms with E-state index in [1.807, 2.05) is 18.2 Å². The molecule has 9 aromatic heterocycles. The first-order valence-electron chi connectivity index (χ1n) is 37.9. The van der Waals surface area contributed by atoms with Gasteiger partial charge in [-0.25, -0.2) is 41.3 Å².